The van der Waals surface area contributed by atoms with Gasteiger partial charge in [-0.3, -0.25) is 9.78 Å². The molecule has 0 radical (unpaired) electrons. The van der Waals surface area contributed by atoms with Gasteiger partial charge in [-0.15, -0.1) is 0 Å². The Labute approximate surface area is 216 Å². The first-order valence-corrected chi connectivity index (χ1v) is 13.7. The number of anilines is 1. The molecule has 0 aliphatic heterocycles. The van der Waals surface area contributed by atoms with Crippen LogP contribution >= 0.6 is 0 Å². The summed E-state index contributed by atoms with van der Waals surface area (Å²) in [5, 5.41) is -0.355. The Morgan fingerprint density at radius 1 is 1.08 bits per heavy atom. The van der Waals surface area contributed by atoms with E-state index in [1.807, 2.05) is 13.8 Å². The molecule has 1 fully saturated rings. The maximum atomic E-state index is 14.4. The first-order chi connectivity index (χ1) is 17.4. The van der Waals surface area contributed by atoms with E-state index in [0.29, 0.717) is 22.7 Å². The molecular weight excluding hydrogens is 495 g/mol. The molecule has 1 saturated carbocycles. The monoisotopic (exact) mass is 526 g/mol. The number of hydrogen-bond acceptors (Lipinski definition) is 7. The van der Waals surface area contributed by atoms with Crippen LogP contribution in [0.1, 0.15) is 62.5 Å². The van der Waals surface area contributed by atoms with Gasteiger partial charge in [0, 0.05) is 17.5 Å². The fraction of sp³-hybridized carbons (Fsp3) is 0.370. The topological polar surface area (TPSA) is 124 Å². The highest BCUT2D eigenvalue weighted by atomic mass is 32.2. The molecular formula is C27H31FN4O4S. The molecule has 1 aromatic carbocycles. The van der Waals surface area contributed by atoms with E-state index in [1.165, 1.54) is 30.3 Å². The van der Waals surface area contributed by atoms with Gasteiger partial charge in [0.2, 0.25) is 0 Å². The van der Waals surface area contributed by atoms with Crippen molar-refractivity contribution in [1.82, 2.24) is 14.7 Å². The number of benzene rings is 1. The first-order valence-electron chi connectivity index (χ1n) is 12.2. The Kier molecular flexibility index (Phi) is 7.49. The number of ether oxygens (including phenoxy) is 1. The highest BCUT2D eigenvalue weighted by Crippen LogP contribution is 2.44. The number of carbonyl (C=O) groups is 1. The molecule has 0 bridgehead atoms. The lowest BCUT2D eigenvalue weighted by molar-refractivity contribution is 0.0979. The molecule has 3 aromatic rings. The summed E-state index contributed by atoms with van der Waals surface area (Å²) in [5.41, 5.74) is 7.22. The number of hydrogen-bond donors (Lipinski definition) is 2. The van der Waals surface area contributed by atoms with Crippen LogP contribution in [0.3, 0.4) is 0 Å². The molecule has 1 amide bonds. The third-order valence-electron chi connectivity index (χ3n) is 6.57. The Morgan fingerprint density at radius 3 is 2.43 bits per heavy atom. The third kappa shape index (κ3) is 5.90. The van der Waals surface area contributed by atoms with Crippen molar-refractivity contribution >= 4 is 21.7 Å². The van der Waals surface area contributed by atoms with Gasteiger partial charge in [0.05, 0.1) is 23.1 Å². The number of nitrogens with one attached hydrogen (secondary N) is 1. The Morgan fingerprint density at radius 2 is 1.78 bits per heavy atom. The van der Waals surface area contributed by atoms with Crippen LogP contribution in [0.5, 0.6) is 5.75 Å². The van der Waals surface area contributed by atoms with Crippen LogP contribution in [-0.4, -0.2) is 30.4 Å². The van der Waals surface area contributed by atoms with Crippen molar-refractivity contribution in [2.75, 3.05) is 5.73 Å². The van der Waals surface area contributed by atoms with E-state index in [0.717, 1.165) is 12.8 Å². The van der Waals surface area contributed by atoms with E-state index in [-0.39, 0.29) is 40.3 Å². The predicted octanol–water partition coefficient (Wildman–Crippen LogP) is 4.92. The summed E-state index contributed by atoms with van der Waals surface area (Å²) in [6.45, 7) is 7.89. The van der Waals surface area contributed by atoms with Crippen LogP contribution in [-0.2, 0) is 10.0 Å². The van der Waals surface area contributed by atoms with Crippen molar-refractivity contribution in [3.8, 4) is 17.0 Å². The van der Waals surface area contributed by atoms with Crippen LogP contribution in [0, 0.1) is 17.7 Å². The zero-order valence-electron chi connectivity index (χ0n) is 21.2. The molecule has 37 heavy (non-hydrogen) atoms. The maximum absolute atomic E-state index is 14.4. The van der Waals surface area contributed by atoms with Crippen molar-refractivity contribution in [2.45, 2.75) is 57.6 Å². The molecule has 4 rings (SSSR count). The molecule has 2 heterocycles. The fourth-order valence-electron chi connectivity index (χ4n) is 4.93. The quantitative estimate of drug-likeness (QED) is 0.448. The number of rotatable bonds is 7. The van der Waals surface area contributed by atoms with Gasteiger partial charge in [0.1, 0.15) is 17.4 Å². The van der Waals surface area contributed by atoms with Crippen molar-refractivity contribution in [3.05, 3.63) is 65.6 Å². The van der Waals surface area contributed by atoms with E-state index < -0.39 is 21.7 Å². The van der Waals surface area contributed by atoms with Crippen LogP contribution in [0.4, 0.5) is 10.2 Å². The first kappa shape index (κ1) is 26.5. The lowest BCUT2D eigenvalue weighted by atomic mass is 9.85. The molecule has 10 heteroatoms. The molecule has 2 aromatic heterocycles. The second-order valence-electron chi connectivity index (χ2n) is 9.86. The summed E-state index contributed by atoms with van der Waals surface area (Å²) < 4.78 is 47.9. The smallest absolute Gasteiger partial charge is 0.281 e. The zero-order valence-corrected chi connectivity index (χ0v) is 22.0. The lowest BCUT2D eigenvalue weighted by Crippen LogP contribution is -2.33. The standard InChI is InChI=1S/C27H31FN4O4S/c1-15(2)36-20-13-18(12-19(28)14-20)22-11-10-21(26(30-22)25-16(3)8-9-17(25)4)27(33)32-37(34,35)24-7-5-6-23(29)31-24/h5-7,10-17,25H,8-9H2,1-4H3,(H2,29,31)(H,32,33)/t16-,17+,25?. The maximum Gasteiger partial charge on any atom is 0.281 e. The van der Waals surface area contributed by atoms with Gasteiger partial charge in [0.25, 0.3) is 15.9 Å². The van der Waals surface area contributed by atoms with Crippen molar-refractivity contribution < 1.29 is 22.3 Å². The molecule has 3 N–H and O–H groups in total. The molecule has 0 spiro atoms. The number of sulfonamides is 1. The minimum atomic E-state index is -4.27. The minimum Gasteiger partial charge on any atom is -0.491 e. The number of aromatic nitrogens is 2. The highest BCUT2D eigenvalue weighted by molar-refractivity contribution is 7.90. The van der Waals surface area contributed by atoms with Crippen LogP contribution in [0.25, 0.3) is 11.3 Å². The number of nitrogens with zero attached hydrogens (tertiary/aromatic N) is 2. The van der Waals surface area contributed by atoms with Crippen LogP contribution in [0.15, 0.2) is 53.6 Å². The summed E-state index contributed by atoms with van der Waals surface area (Å²) >= 11 is 0. The zero-order chi connectivity index (χ0) is 26.9. The number of nitrogens with two attached hydrogens (primary N) is 1. The molecule has 1 unspecified atom stereocenters. The Hall–Kier alpha value is -3.53. The van der Waals surface area contributed by atoms with Gasteiger partial charge >= 0.3 is 0 Å². The van der Waals surface area contributed by atoms with Crippen molar-refractivity contribution in [2.24, 2.45) is 11.8 Å². The summed E-state index contributed by atoms with van der Waals surface area (Å²) in [6, 6.07) is 11.7. The van der Waals surface area contributed by atoms with Gasteiger partial charge in [-0.05, 0) is 74.9 Å². The fourth-order valence-corrected chi connectivity index (χ4v) is 5.87. The average molecular weight is 527 g/mol. The molecule has 1 aliphatic rings. The summed E-state index contributed by atoms with van der Waals surface area (Å²) in [7, 11) is -4.27. The van der Waals surface area contributed by atoms with Gasteiger partial charge < -0.3 is 10.5 Å². The molecule has 3 atom stereocenters. The van der Waals surface area contributed by atoms with Crippen molar-refractivity contribution in [1.29, 1.82) is 0 Å². The lowest BCUT2D eigenvalue weighted by Gasteiger charge is -2.23. The number of nitrogen functional groups attached to an aromatic ring is 1. The van der Waals surface area contributed by atoms with Crippen LogP contribution in [0.2, 0.25) is 0 Å². The second kappa shape index (κ2) is 10.5. The predicted molar refractivity (Wildman–Crippen MR) is 139 cm³/mol. The van der Waals surface area contributed by atoms with E-state index in [9.17, 15) is 17.6 Å². The van der Waals surface area contributed by atoms with Gasteiger partial charge in [-0.2, -0.15) is 8.42 Å². The molecule has 8 nitrogen and oxygen atoms in total. The average Bonchev–Trinajstić information content (AvgIpc) is 3.15. The number of halogens is 1. The van der Waals surface area contributed by atoms with E-state index >= 15 is 0 Å². The number of carbonyl (C=O) groups excluding carboxylic acids is 1. The van der Waals surface area contributed by atoms with E-state index in [1.54, 1.807) is 18.2 Å². The normalized spacial score (nSPS) is 19.7. The van der Waals surface area contributed by atoms with Crippen molar-refractivity contribution in [3.63, 3.8) is 0 Å². The largest absolute Gasteiger partial charge is 0.491 e. The second-order valence-corrected chi connectivity index (χ2v) is 11.5. The summed E-state index contributed by atoms with van der Waals surface area (Å²) in [6.07, 6.45) is 1.77. The van der Waals surface area contributed by atoms with Crippen LogP contribution < -0.4 is 15.2 Å². The third-order valence-corrected chi connectivity index (χ3v) is 7.81. The van der Waals surface area contributed by atoms with E-state index in [4.69, 9.17) is 15.5 Å². The number of amides is 1. The van der Waals surface area contributed by atoms with Gasteiger partial charge in [-0.25, -0.2) is 14.1 Å². The Bertz CT molecular complexity index is 1420. The molecule has 196 valence electrons. The number of pyridine rings is 2. The Balaban J connectivity index is 1.77. The SMILES string of the molecule is CC(C)Oc1cc(F)cc(-c2ccc(C(=O)NS(=O)(=O)c3cccc(N)n3)c(C3[C@H](C)CC[C@@H]3C)n2)c1. The van der Waals surface area contributed by atoms with E-state index in [2.05, 4.69) is 23.6 Å². The molecule has 0 saturated heterocycles. The summed E-state index contributed by atoms with van der Waals surface area (Å²) in [5.74, 6) is -0.513. The van der Waals surface area contributed by atoms with Gasteiger partial charge in [0.15, 0.2) is 5.03 Å². The summed E-state index contributed by atoms with van der Waals surface area (Å²) in [4.78, 5) is 21.9. The minimum absolute atomic E-state index is 0.0200. The highest BCUT2D eigenvalue weighted by Gasteiger charge is 2.36. The molecule has 1 aliphatic carbocycles. The van der Waals surface area contributed by atoms with Gasteiger partial charge in [-0.1, -0.05) is 19.9 Å².